The highest BCUT2D eigenvalue weighted by molar-refractivity contribution is 7.99. The minimum Gasteiger partial charge on any atom is -0.494 e. The van der Waals surface area contributed by atoms with Gasteiger partial charge in [-0.25, -0.2) is 0 Å². The maximum absolute atomic E-state index is 8.81. The quantitative estimate of drug-likeness (QED) is 0.615. The lowest BCUT2D eigenvalue weighted by atomic mass is 10.1. The molecule has 4 heteroatoms. The minimum absolute atomic E-state index is 0.280. The van der Waals surface area contributed by atoms with Crippen molar-refractivity contribution in [2.45, 2.75) is 32.7 Å². The summed E-state index contributed by atoms with van der Waals surface area (Å²) in [6, 6.07) is 8.75. The van der Waals surface area contributed by atoms with Gasteiger partial charge in [0, 0.05) is 18.4 Å². The molecule has 0 aliphatic heterocycles. The number of hydrogen-bond acceptors (Lipinski definition) is 4. The highest BCUT2D eigenvalue weighted by atomic mass is 32.2. The van der Waals surface area contributed by atoms with Crippen LogP contribution < -0.4 is 10.1 Å². The zero-order valence-corrected chi connectivity index (χ0v) is 13.4. The molecule has 0 aliphatic carbocycles. The Kier molecular flexibility index (Phi) is 9.54. The van der Waals surface area contributed by atoms with E-state index in [-0.39, 0.29) is 6.61 Å². The summed E-state index contributed by atoms with van der Waals surface area (Å²) in [4.78, 5) is 0. The van der Waals surface area contributed by atoms with Crippen molar-refractivity contribution in [3.05, 3.63) is 29.8 Å². The Morgan fingerprint density at radius 3 is 2.60 bits per heavy atom. The summed E-state index contributed by atoms with van der Waals surface area (Å²) in [6.45, 7) is 6.25. The van der Waals surface area contributed by atoms with Crippen LogP contribution in [0.3, 0.4) is 0 Å². The fraction of sp³-hybridized carbons (Fsp3) is 0.625. The zero-order chi connectivity index (χ0) is 14.6. The Morgan fingerprint density at radius 2 is 2.00 bits per heavy atom. The number of hydrogen-bond donors (Lipinski definition) is 2. The first-order chi connectivity index (χ1) is 9.81. The second-order valence-electron chi connectivity index (χ2n) is 4.68. The summed E-state index contributed by atoms with van der Waals surface area (Å²) >= 11 is 1.89. The first kappa shape index (κ1) is 17.3. The van der Waals surface area contributed by atoms with Crippen molar-refractivity contribution in [3.8, 4) is 5.75 Å². The Morgan fingerprint density at radius 1 is 1.25 bits per heavy atom. The standard InChI is InChI=1S/C16H27NO2S/c1-3-11-19-15-8-6-14(7-9-15)16(17-4-2)13-20-12-5-10-18/h6-9,16-18H,3-5,10-13H2,1-2H3. The molecule has 3 nitrogen and oxygen atoms in total. The Hall–Kier alpha value is -0.710. The third-order valence-corrected chi connectivity index (χ3v) is 4.08. The second kappa shape index (κ2) is 11.0. The van der Waals surface area contributed by atoms with Crippen LogP contribution in [0.25, 0.3) is 0 Å². The van der Waals surface area contributed by atoms with Crippen LogP contribution in [0.2, 0.25) is 0 Å². The van der Waals surface area contributed by atoms with Gasteiger partial charge in [-0.3, -0.25) is 0 Å². The third-order valence-electron chi connectivity index (χ3n) is 2.94. The van der Waals surface area contributed by atoms with Crippen molar-refractivity contribution in [1.29, 1.82) is 0 Å². The molecular formula is C16H27NO2S. The molecule has 0 fully saturated rings. The van der Waals surface area contributed by atoms with E-state index in [0.717, 1.165) is 43.2 Å². The largest absolute Gasteiger partial charge is 0.494 e. The number of benzene rings is 1. The summed E-state index contributed by atoms with van der Waals surface area (Å²) in [5.74, 6) is 2.98. The number of nitrogens with one attached hydrogen (secondary N) is 1. The van der Waals surface area contributed by atoms with E-state index >= 15 is 0 Å². The van der Waals surface area contributed by atoms with Gasteiger partial charge in [0.2, 0.25) is 0 Å². The molecule has 1 aromatic carbocycles. The van der Waals surface area contributed by atoms with Gasteiger partial charge in [0.1, 0.15) is 5.75 Å². The first-order valence-electron chi connectivity index (χ1n) is 7.46. The molecule has 0 radical (unpaired) electrons. The van der Waals surface area contributed by atoms with Crippen molar-refractivity contribution >= 4 is 11.8 Å². The van der Waals surface area contributed by atoms with Crippen LogP contribution in [0.1, 0.15) is 38.3 Å². The van der Waals surface area contributed by atoms with Crippen molar-refractivity contribution in [2.75, 3.05) is 31.3 Å². The molecule has 1 unspecified atom stereocenters. The first-order valence-corrected chi connectivity index (χ1v) is 8.62. The molecule has 0 aliphatic rings. The number of rotatable bonds is 11. The molecule has 0 amide bonds. The summed E-state index contributed by atoms with van der Waals surface area (Å²) in [5, 5.41) is 12.3. The van der Waals surface area contributed by atoms with Crippen molar-refractivity contribution in [2.24, 2.45) is 0 Å². The van der Waals surface area contributed by atoms with E-state index in [4.69, 9.17) is 9.84 Å². The van der Waals surface area contributed by atoms with Crippen molar-refractivity contribution in [3.63, 3.8) is 0 Å². The monoisotopic (exact) mass is 297 g/mol. The van der Waals surface area contributed by atoms with Gasteiger partial charge in [-0.1, -0.05) is 26.0 Å². The van der Waals surface area contributed by atoms with E-state index in [1.807, 2.05) is 23.9 Å². The number of ether oxygens (including phenoxy) is 1. The van der Waals surface area contributed by atoms with Gasteiger partial charge in [-0.15, -0.1) is 0 Å². The van der Waals surface area contributed by atoms with Crippen LogP contribution in [0.15, 0.2) is 24.3 Å². The van der Waals surface area contributed by atoms with E-state index in [2.05, 4.69) is 31.3 Å². The fourth-order valence-corrected chi connectivity index (χ4v) is 2.95. The van der Waals surface area contributed by atoms with Crippen LogP contribution in [-0.2, 0) is 0 Å². The molecule has 1 aromatic rings. The lowest BCUT2D eigenvalue weighted by Gasteiger charge is -2.18. The molecule has 0 saturated carbocycles. The molecule has 114 valence electrons. The van der Waals surface area contributed by atoms with Gasteiger partial charge >= 0.3 is 0 Å². The maximum atomic E-state index is 8.81. The molecule has 1 rings (SSSR count). The topological polar surface area (TPSA) is 41.5 Å². The third kappa shape index (κ3) is 6.64. The van der Waals surface area contributed by atoms with Crippen LogP contribution in [0, 0.1) is 0 Å². The summed E-state index contributed by atoms with van der Waals surface area (Å²) in [6.07, 6.45) is 1.90. The normalized spacial score (nSPS) is 12.3. The lowest BCUT2D eigenvalue weighted by Crippen LogP contribution is -2.23. The Balaban J connectivity index is 2.52. The molecule has 0 heterocycles. The highest BCUT2D eigenvalue weighted by Crippen LogP contribution is 2.21. The highest BCUT2D eigenvalue weighted by Gasteiger charge is 2.10. The van der Waals surface area contributed by atoms with Crippen LogP contribution >= 0.6 is 11.8 Å². The lowest BCUT2D eigenvalue weighted by molar-refractivity contribution is 0.296. The maximum Gasteiger partial charge on any atom is 0.119 e. The number of thioether (sulfide) groups is 1. The molecule has 20 heavy (non-hydrogen) atoms. The summed E-state index contributed by atoms with van der Waals surface area (Å²) in [5.41, 5.74) is 1.30. The Bertz CT molecular complexity index is 343. The fourth-order valence-electron chi connectivity index (χ4n) is 1.90. The summed E-state index contributed by atoms with van der Waals surface area (Å²) < 4.78 is 5.61. The second-order valence-corrected chi connectivity index (χ2v) is 5.83. The van der Waals surface area contributed by atoms with E-state index < -0.39 is 0 Å². The van der Waals surface area contributed by atoms with E-state index in [1.54, 1.807) is 0 Å². The number of aliphatic hydroxyl groups is 1. The van der Waals surface area contributed by atoms with Crippen LogP contribution in [0.5, 0.6) is 5.75 Å². The van der Waals surface area contributed by atoms with Crippen LogP contribution in [-0.4, -0.2) is 36.4 Å². The van der Waals surface area contributed by atoms with Crippen LogP contribution in [0.4, 0.5) is 0 Å². The minimum atomic E-state index is 0.280. The molecule has 2 N–H and O–H groups in total. The van der Waals surface area contributed by atoms with E-state index in [1.165, 1.54) is 5.56 Å². The molecule has 0 spiro atoms. The predicted molar refractivity (Wildman–Crippen MR) is 87.7 cm³/mol. The molecular weight excluding hydrogens is 270 g/mol. The van der Waals surface area contributed by atoms with Gasteiger partial charge < -0.3 is 15.2 Å². The average Bonchev–Trinajstić information content (AvgIpc) is 2.49. The van der Waals surface area contributed by atoms with Gasteiger partial charge in [-0.2, -0.15) is 11.8 Å². The molecule has 0 bridgehead atoms. The van der Waals surface area contributed by atoms with E-state index in [0.29, 0.717) is 6.04 Å². The van der Waals surface area contributed by atoms with Gasteiger partial charge in [0.05, 0.1) is 6.61 Å². The number of aliphatic hydroxyl groups excluding tert-OH is 1. The Labute approximate surface area is 127 Å². The SMILES string of the molecule is CCCOc1ccc(C(CSCCCO)NCC)cc1. The van der Waals surface area contributed by atoms with Crippen molar-refractivity contribution < 1.29 is 9.84 Å². The molecule has 0 saturated heterocycles. The van der Waals surface area contributed by atoms with Gasteiger partial charge in [0.25, 0.3) is 0 Å². The zero-order valence-electron chi connectivity index (χ0n) is 12.6. The predicted octanol–water partition coefficient (Wildman–Crippen LogP) is 3.24. The van der Waals surface area contributed by atoms with Gasteiger partial charge in [0.15, 0.2) is 0 Å². The average molecular weight is 297 g/mol. The van der Waals surface area contributed by atoms with Crippen molar-refractivity contribution in [1.82, 2.24) is 5.32 Å². The van der Waals surface area contributed by atoms with Gasteiger partial charge in [-0.05, 0) is 42.8 Å². The van der Waals surface area contributed by atoms with E-state index in [9.17, 15) is 0 Å². The molecule has 1 atom stereocenters. The molecule has 0 aromatic heterocycles. The smallest absolute Gasteiger partial charge is 0.119 e. The summed E-state index contributed by atoms with van der Waals surface area (Å²) in [7, 11) is 0.